The molecule has 0 bridgehead atoms. The van der Waals surface area contributed by atoms with Gasteiger partial charge < -0.3 is 11.1 Å². The number of halogens is 1. The predicted octanol–water partition coefficient (Wildman–Crippen LogP) is 3.06. The summed E-state index contributed by atoms with van der Waals surface area (Å²) in [5.41, 5.74) is 5.75. The number of nitrogens with two attached hydrogens (primary N) is 1. The largest absolute Gasteiger partial charge is 0.352 e. The first kappa shape index (κ1) is 15.7. The van der Waals surface area contributed by atoms with Crippen LogP contribution in [0.15, 0.2) is 29.2 Å². The van der Waals surface area contributed by atoms with E-state index in [1.807, 2.05) is 31.2 Å². The Balaban J connectivity index is 1.91. The molecular formula is C15H21ClN2OS. The lowest BCUT2D eigenvalue weighted by atomic mass is 10.0. The van der Waals surface area contributed by atoms with Crippen molar-refractivity contribution in [3.8, 4) is 0 Å². The molecule has 0 saturated heterocycles. The van der Waals surface area contributed by atoms with E-state index in [1.54, 1.807) is 0 Å². The third kappa shape index (κ3) is 3.90. The van der Waals surface area contributed by atoms with Crippen LogP contribution in [0.4, 0.5) is 0 Å². The summed E-state index contributed by atoms with van der Waals surface area (Å²) in [4.78, 5) is 13.2. The molecule has 110 valence electrons. The SMILES string of the molecule is CC(Sc1ccccc1Cl)C(=O)NC1CCCC1CN. The van der Waals surface area contributed by atoms with E-state index in [9.17, 15) is 4.79 Å². The fourth-order valence-corrected chi connectivity index (χ4v) is 3.76. The molecule has 5 heteroatoms. The summed E-state index contributed by atoms with van der Waals surface area (Å²) in [5, 5.41) is 3.67. The number of amides is 1. The van der Waals surface area contributed by atoms with Crippen molar-refractivity contribution < 1.29 is 4.79 Å². The Kier molecular flexibility index (Phi) is 5.75. The van der Waals surface area contributed by atoms with Crippen LogP contribution in [0.2, 0.25) is 5.02 Å². The fraction of sp³-hybridized carbons (Fsp3) is 0.533. The molecule has 0 radical (unpaired) electrons. The summed E-state index contributed by atoms with van der Waals surface area (Å²) >= 11 is 7.62. The van der Waals surface area contributed by atoms with Crippen LogP contribution in [0.25, 0.3) is 0 Å². The van der Waals surface area contributed by atoms with Crippen LogP contribution in [-0.4, -0.2) is 23.7 Å². The molecule has 2 rings (SSSR count). The molecule has 20 heavy (non-hydrogen) atoms. The van der Waals surface area contributed by atoms with Crippen LogP contribution in [0.5, 0.6) is 0 Å². The van der Waals surface area contributed by atoms with Crippen LogP contribution in [0, 0.1) is 5.92 Å². The van der Waals surface area contributed by atoms with Gasteiger partial charge in [0, 0.05) is 10.9 Å². The number of rotatable bonds is 5. The fourth-order valence-electron chi connectivity index (χ4n) is 2.59. The molecule has 1 aromatic carbocycles. The van der Waals surface area contributed by atoms with Gasteiger partial charge in [0.1, 0.15) is 0 Å². The van der Waals surface area contributed by atoms with Crippen molar-refractivity contribution in [1.29, 1.82) is 0 Å². The summed E-state index contributed by atoms with van der Waals surface area (Å²) in [6.45, 7) is 2.56. The lowest BCUT2D eigenvalue weighted by Gasteiger charge is -2.21. The van der Waals surface area contributed by atoms with Crippen molar-refractivity contribution in [2.45, 2.75) is 42.4 Å². The van der Waals surface area contributed by atoms with Gasteiger partial charge in [-0.1, -0.05) is 30.2 Å². The van der Waals surface area contributed by atoms with E-state index in [0.29, 0.717) is 17.5 Å². The smallest absolute Gasteiger partial charge is 0.233 e. The third-order valence-electron chi connectivity index (χ3n) is 3.80. The molecule has 3 atom stereocenters. The van der Waals surface area contributed by atoms with Crippen LogP contribution < -0.4 is 11.1 Å². The van der Waals surface area contributed by atoms with Crippen molar-refractivity contribution in [3.63, 3.8) is 0 Å². The molecule has 0 spiro atoms. The van der Waals surface area contributed by atoms with E-state index >= 15 is 0 Å². The molecular weight excluding hydrogens is 292 g/mol. The van der Waals surface area contributed by atoms with E-state index < -0.39 is 0 Å². The molecule has 1 aliphatic carbocycles. The minimum Gasteiger partial charge on any atom is -0.352 e. The Morgan fingerprint density at radius 1 is 1.50 bits per heavy atom. The highest BCUT2D eigenvalue weighted by atomic mass is 35.5. The number of thioether (sulfide) groups is 1. The van der Waals surface area contributed by atoms with Crippen molar-refractivity contribution in [2.24, 2.45) is 11.7 Å². The van der Waals surface area contributed by atoms with E-state index in [1.165, 1.54) is 11.8 Å². The second-order valence-electron chi connectivity index (χ2n) is 5.23. The highest BCUT2D eigenvalue weighted by Gasteiger charge is 2.28. The first-order chi connectivity index (χ1) is 9.61. The highest BCUT2D eigenvalue weighted by Crippen LogP contribution is 2.31. The number of nitrogens with one attached hydrogen (secondary N) is 1. The molecule has 0 aliphatic heterocycles. The molecule has 0 heterocycles. The highest BCUT2D eigenvalue weighted by molar-refractivity contribution is 8.00. The number of carbonyl (C=O) groups is 1. The molecule has 1 fully saturated rings. The first-order valence-electron chi connectivity index (χ1n) is 7.03. The van der Waals surface area contributed by atoms with Crippen molar-refractivity contribution in [1.82, 2.24) is 5.32 Å². The van der Waals surface area contributed by atoms with Gasteiger partial charge in [-0.2, -0.15) is 0 Å². The van der Waals surface area contributed by atoms with Gasteiger partial charge in [-0.25, -0.2) is 0 Å². The Labute approximate surface area is 129 Å². The minimum absolute atomic E-state index is 0.0697. The molecule has 1 amide bonds. The molecule has 0 aromatic heterocycles. The average Bonchev–Trinajstić information content (AvgIpc) is 2.88. The zero-order valence-corrected chi connectivity index (χ0v) is 13.2. The monoisotopic (exact) mass is 312 g/mol. The second-order valence-corrected chi connectivity index (χ2v) is 7.02. The van der Waals surface area contributed by atoms with Crippen LogP contribution in [0.1, 0.15) is 26.2 Å². The number of benzene rings is 1. The van der Waals surface area contributed by atoms with E-state index in [2.05, 4.69) is 5.32 Å². The minimum atomic E-state index is -0.158. The van der Waals surface area contributed by atoms with E-state index in [0.717, 1.165) is 24.2 Å². The second kappa shape index (κ2) is 7.34. The molecule has 1 aromatic rings. The number of carbonyl (C=O) groups excluding carboxylic acids is 1. The maximum Gasteiger partial charge on any atom is 0.233 e. The van der Waals surface area contributed by atoms with Crippen LogP contribution in [0.3, 0.4) is 0 Å². The van der Waals surface area contributed by atoms with Gasteiger partial charge in [-0.15, -0.1) is 11.8 Å². The van der Waals surface area contributed by atoms with E-state index in [-0.39, 0.29) is 17.2 Å². The topological polar surface area (TPSA) is 55.1 Å². The summed E-state index contributed by atoms with van der Waals surface area (Å²) in [5.74, 6) is 0.497. The van der Waals surface area contributed by atoms with Crippen molar-refractivity contribution >= 4 is 29.3 Å². The quantitative estimate of drug-likeness (QED) is 0.822. The van der Waals surface area contributed by atoms with Crippen molar-refractivity contribution in [3.05, 3.63) is 29.3 Å². The summed E-state index contributed by atoms with van der Waals surface area (Å²) in [6, 6.07) is 7.84. The van der Waals surface area contributed by atoms with Gasteiger partial charge in [0.05, 0.1) is 10.3 Å². The Hall–Kier alpha value is -0.710. The maximum atomic E-state index is 12.3. The summed E-state index contributed by atoms with van der Waals surface area (Å²) < 4.78 is 0. The number of hydrogen-bond acceptors (Lipinski definition) is 3. The summed E-state index contributed by atoms with van der Waals surface area (Å²) in [6.07, 6.45) is 3.31. The van der Waals surface area contributed by atoms with Gasteiger partial charge in [0.2, 0.25) is 5.91 Å². The first-order valence-corrected chi connectivity index (χ1v) is 8.29. The standard InChI is InChI=1S/C15H21ClN2OS/c1-10(20-14-8-3-2-6-12(14)16)15(19)18-13-7-4-5-11(13)9-17/h2-3,6,8,10-11,13H,4-5,7,9,17H2,1H3,(H,18,19). The average molecular weight is 313 g/mol. The van der Waals surface area contributed by atoms with Gasteiger partial charge >= 0.3 is 0 Å². The zero-order chi connectivity index (χ0) is 14.5. The molecule has 3 N–H and O–H groups in total. The predicted molar refractivity (Wildman–Crippen MR) is 85.1 cm³/mol. The van der Waals surface area contributed by atoms with Gasteiger partial charge in [0.25, 0.3) is 0 Å². The van der Waals surface area contributed by atoms with Crippen LogP contribution >= 0.6 is 23.4 Å². The van der Waals surface area contributed by atoms with Crippen molar-refractivity contribution in [2.75, 3.05) is 6.54 Å². The molecule has 1 aliphatic rings. The Morgan fingerprint density at radius 2 is 2.25 bits per heavy atom. The third-order valence-corrected chi connectivity index (χ3v) is 5.42. The lowest BCUT2D eigenvalue weighted by molar-refractivity contribution is -0.121. The maximum absolute atomic E-state index is 12.3. The van der Waals surface area contributed by atoms with Gasteiger partial charge in [-0.05, 0) is 44.4 Å². The van der Waals surface area contributed by atoms with Gasteiger partial charge in [0.15, 0.2) is 0 Å². The summed E-state index contributed by atoms with van der Waals surface area (Å²) in [7, 11) is 0. The van der Waals surface area contributed by atoms with Crippen LogP contribution in [-0.2, 0) is 4.79 Å². The Bertz CT molecular complexity index is 469. The Morgan fingerprint density at radius 3 is 2.95 bits per heavy atom. The van der Waals surface area contributed by atoms with Gasteiger partial charge in [-0.3, -0.25) is 4.79 Å². The zero-order valence-electron chi connectivity index (χ0n) is 11.6. The van der Waals surface area contributed by atoms with E-state index in [4.69, 9.17) is 17.3 Å². The number of hydrogen-bond donors (Lipinski definition) is 2. The normalized spacial score (nSPS) is 23.6. The lowest BCUT2D eigenvalue weighted by Crippen LogP contribution is -2.43. The molecule has 3 unspecified atom stereocenters. The molecule has 1 saturated carbocycles. The molecule has 3 nitrogen and oxygen atoms in total.